The zero-order valence-electron chi connectivity index (χ0n) is 11.7. The molecular weight excluding hydrogens is 333 g/mol. The van der Waals surface area contributed by atoms with E-state index in [0.717, 1.165) is 16.5 Å². The summed E-state index contributed by atoms with van der Waals surface area (Å²) in [6.45, 7) is 2.00. The molecule has 0 atom stereocenters. The number of nitrogens with zero attached hydrogens (tertiary/aromatic N) is 1. The summed E-state index contributed by atoms with van der Waals surface area (Å²) < 4.78 is 16.4. The van der Waals surface area contributed by atoms with Crippen LogP contribution in [-0.2, 0) is 7.05 Å². The first-order valence-electron chi connectivity index (χ1n) is 6.53. The normalized spacial score (nSPS) is 11.0. The molecule has 2 nitrogen and oxygen atoms in total. The molecule has 3 rings (SSSR count). The fraction of sp³-hybridized carbons (Fsp3) is 0.118. The second-order valence-corrected chi connectivity index (χ2v) is 5.95. The highest BCUT2D eigenvalue weighted by Gasteiger charge is 2.21. The van der Waals surface area contributed by atoms with Crippen LogP contribution in [0, 0.1) is 12.7 Å². The van der Waals surface area contributed by atoms with Crippen molar-refractivity contribution in [1.82, 2.24) is 4.57 Å². The van der Waals surface area contributed by atoms with E-state index in [1.807, 2.05) is 36.7 Å². The van der Waals surface area contributed by atoms with Crippen molar-refractivity contribution in [2.24, 2.45) is 7.05 Å². The number of hydrogen-bond acceptors (Lipinski definition) is 1. The van der Waals surface area contributed by atoms with Gasteiger partial charge < -0.3 is 4.57 Å². The highest BCUT2D eigenvalue weighted by atomic mass is 79.9. The molecule has 0 amide bonds. The maximum Gasteiger partial charge on any atom is 0.199 e. The predicted octanol–water partition coefficient (Wildman–Crippen LogP) is 4.62. The van der Waals surface area contributed by atoms with Gasteiger partial charge in [-0.2, -0.15) is 0 Å². The highest BCUT2D eigenvalue weighted by molar-refractivity contribution is 9.10. The largest absolute Gasteiger partial charge is 0.350 e. The molecule has 106 valence electrons. The fourth-order valence-electron chi connectivity index (χ4n) is 2.52. The van der Waals surface area contributed by atoms with Crippen molar-refractivity contribution < 1.29 is 9.18 Å². The van der Waals surface area contributed by atoms with Crippen LogP contribution >= 0.6 is 15.9 Å². The molecule has 0 aliphatic rings. The average Bonchev–Trinajstić information content (AvgIpc) is 2.75. The molecule has 0 spiro atoms. The van der Waals surface area contributed by atoms with Crippen LogP contribution in [0.5, 0.6) is 0 Å². The van der Waals surface area contributed by atoms with E-state index in [0.29, 0.717) is 10.0 Å². The molecule has 1 heterocycles. The summed E-state index contributed by atoms with van der Waals surface area (Å²) >= 11 is 3.26. The van der Waals surface area contributed by atoms with Gasteiger partial charge in [0.25, 0.3) is 0 Å². The maximum atomic E-state index is 14.0. The van der Waals surface area contributed by atoms with Crippen molar-refractivity contribution in [1.29, 1.82) is 0 Å². The van der Waals surface area contributed by atoms with E-state index < -0.39 is 5.82 Å². The number of rotatable bonds is 2. The second-order valence-electron chi connectivity index (χ2n) is 5.10. The van der Waals surface area contributed by atoms with Gasteiger partial charge >= 0.3 is 0 Å². The molecule has 0 N–H and O–H groups in total. The summed E-state index contributed by atoms with van der Waals surface area (Å²) in [7, 11) is 1.88. The second kappa shape index (κ2) is 5.11. The molecule has 0 fully saturated rings. The Morgan fingerprint density at radius 3 is 2.71 bits per heavy atom. The topological polar surface area (TPSA) is 22.0 Å². The number of carbonyl (C=O) groups is 1. The van der Waals surface area contributed by atoms with Crippen LogP contribution in [0.25, 0.3) is 10.9 Å². The molecule has 0 aliphatic heterocycles. The van der Waals surface area contributed by atoms with E-state index in [4.69, 9.17) is 0 Å². The number of fused-ring (bicyclic) bond motifs is 1. The van der Waals surface area contributed by atoms with Crippen molar-refractivity contribution in [2.45, 2.75) is 6.92 Å². The van der Waals surface area contributed by atoms with Crippen LogP contribution in [-0.4, -0.2) is 10.4 Å². The van der Waals surface area contributed by atoms with E-state index in [1.165, 1.54) is 6.07 Å². The van der Waals surface area contributed by atoms with Crippen LogP contribution in [0.3, 0.4) is 0 Å². The van der Waals surface area contributed by atoms with Crippen LogP contribution in [0.1, 0.15) is 21.5 Å². The molecule has 0 unspecified atom stereocenters. The van der Waals surface area contributed by atoms with Gasteiger partial charge in [0.2, 0.25) is 0 Å². The van der Waals surface area contributed by atoms with Gasteiger partial charge in [-0.25, -0.2) is 4.39 Å². The van der Waals surface area contributed by atoms with Crippen molar-refractivity contribution in [2.75, 3.05) is 0 Å². The van der Waals surface area contributed by atoms with Crippen molar-refractivity contribution in [3.63, 3.8) is 0 Å². The van der Waals surface area contributed by atoms with Gasteiger partial charge in [0.05, 0.1) is 5.56 Å². The van der Waals surface area contributed by atoms with Crippen molar-refractivity contribution >= 4 is 32.6 Å². The van der Waals surface area contributed by atoms with Crippen molar-refractivity contribution in [3.8, 4) is 0 Å². The van der Waals surface area contributed by atoms with Crippen LogP contribution in [0.4, 0.5) is 4.39 Å². The minimum Gasteiger partial charge on any atom is -0.350 e. The number of aromatic nitrogens is 1. The molecule has 0 saturated carbocycles. The number of aryl methyl sites for hydroxylation is 2. The highest BCUT2D eigenvalue weighted by Crippen LogP contribution is 2.28. The standard InChI is InChI=1S/C17H13BrFNO/c1-10-6-7-11-12(9-20(2)15(11)8-10)17(21)16-13(18)4-3-5-14(16)19/h3-9H,1-2H3. The minimum atomic E-state index is -0.515. The molecule has 0 aliphatic carbocycles. The molecule has 3 aromatic rings. The SMILES string of the molecule is Cc1ccc2c(C(=O)c3c(F)cccc3Br)cn(C)c2c1. The lowest BCUT2D eigenvalue weighted by atomic mass is 10.0. The number of benzene rings is 2. The minimum absolute atomic E-state index is 0.0746. The maximum absolute atomic E-state index is 14.0. The summed E-state index contributed by atoms with van der Waals surface area (Å²) in [5.74, 6) is -0.826. The van der Waals surface area contributed by atoms with E-state index in [-0.39, 0.29) is 11.3 Å². The van der Waals surface area contributed by atoms with E-state index in [1.54, 1.807) is 18.3 Å². The molecule has 1 aromatic heterocycles. The lowest BCUT2D eigenvalue weighted by molar-refractivity contribution is 0.103. The Hall–Kier alpha value is -1.94. The summed E-state index contributed by atoms with van der Waals surface area (Å²) in [6.07, 6.45) is 1.76. The Balaban J connectivity index is 2.24. The number of halogens is 2. The molecule has 0 bridgehead atoms. The molecular formula is C17H13BrFNO. The van der Waals surface area contributed by atoms with Gasteiger partial charge in [-0.1, -0.05) is 18.2 Å². The zero-order valence-corrected chi connectivity index (χ0v) is 13.2. The van der Waals surface area contributed by atoms with Crippen LogP contribution < -0.4 is 0 Å². The first kappa shape index (κ1) is 14.0. The summed E-state index contributed by atoms with van der Waals surface area (Å²) in [5, 5.41) is 0.836. The number of carbonyl (C=O) groups excluding carboxylic acids is 1. The van der Waals surface area contributed by atoms with Gasteiger partial charge in [-0.3, -0.25) is 4.79 Å². The van der Waals surface area contributed by atoms with Crippen molar-refractivity contribution in [3.05, 3.63) is 69.6 Å². The molecule has 21 heavy (non-hydrogen) atoms. The first-order valence-corrected chi connectivity index (χ1v) is 7.32. The summed E-state index contributed by atoms with van der Waals surface area (Å²) in [5.41, 5.74) is 2.67. The third-order valence-corrected chi connectivity index (χ3v) is 4.24. The molecule has 0 saturated heterocycles. The molecule has 0 radical (unpaired) electrons. The van der Waals surface area contributed by atoms with Gasteiger partial charge in [-0.15, -0.1) is 0 Å². The summed E-state index contributed by atoms with van der Waals surface area (Å²) in [6, 6.07) is 10.4. The Kier molecular flexibility index (Phi) is 3.41. The summed E-state index contributed by atoms with van der Waals surface area (Å²) in [4.78, 5) is 12.7. The Bertz CT molecular complexity index is 846. The van der Waals surface area contributed by atoms with Crippen LogP contribution in [0.15, 0.2) is 47.1 Å². The molecule has 2 aromatic carbocycles. The predicted molar refractivity (Wildman–Crippen MR) is 85.2 cm³/mol. The number of hydrogen-bond donors (Lipinski definition) is 0. The van der Waals surface area contributed by atoms with Crippen LogP contribution in [0.2, 0.25) is 0 Å². The molecule has 4 heteroatoms. The average molecular weight is 346 g/mol. The van der Waals surface area contributed by atoms with Gasteiger partial charge in [0.1, 0.15) is 5.82 Å². The monoisotopic (exact) mass is 345 g/mol. The quantitative estimate of drug-likeness (QED) is 0.621. The number of ketones is 1. The third kappa shape index (κ3) is 2.29. The Labute approximate surface area is 130 Å². The Morgan fingerprint density at radius 2 is 2.00 bits per heavy atom. The lowest BCUT2D eigenvalue weighted by Gasteiger charge is -2.04. The van der Waals surface area contributed by atoms with E-state index >= 15 is 0 Å². The Morgan fingerprint density at radius 1 is 1.24 bits per heavy atom. The van der Waals surface area contributed by atoms with Gasteiger partial charge in [0, 0.05) is 34.2 Å². The lowest BCUT2D eigenvalue weighted by Crippen LogP contribution is -2.05. The third-order valence-electron chi connectivity index (χ3n) is 3.58. The smallest absolute Gasteiger partial charge is 0.199 e. The fourth-order valence-corrected chi connectivity index (χ4v) is 3.05. The van der Waals surface area contributed by atoms with Gasteiger partial charge in [-0.05, 0) is 46.6 Å². The van der Waals surface area contributed by atoms with E-state index in [2.05, 4.69) is 15.9 Å². The van der Waals surface area contributed by atoms with Gasteiger partial charge in [0.15, 0.2) is 5.78 Å². The zero-order chi connectivity index (χ0) is 15.1. The first-order chi connectivity index (χ1) is 9.99. The van der Waals surface area contributed by atoms with E-state index in [9.17, 15) is 9.18 Å².